The Morgan fingerprint density at radius 3 is 2.55 bits per heavy atom. The van der Waals surface area contributed by atoms with Gasteiger partial charge in [0.05, 0.1) is 4.75 Å². The maximum atomic E-state index is 12.2. The van der Waals surface area contributed by atoms with Crippen LogP contribution in [0.1, 0.15) is 39.3 Å². The lowest BCUT2D eigenvalue weighted by Gasteiger charge is -2.24. The molecule has 0 amide bonds. The van der Waals surface area contributed by atoms with Crippen molar-refractivity contribution in [3.8, 4) is 0 Å². The molecule has 0 saturated carbocycles. The highest BCUT2D eigenvalue weighted by atomic mass is 32.2. The molecule has 1 aromatic carbocycles. The summed E-state index contributed by atoms with van der Waals surface area (Å²) in [7, 11) is -3.38. The molecule has 108 valence electrons. The van der Waals surface area contributed by atoms with Crippen LogP contribution >= 0.6 is 0 Å². The Balaban J connectivity index is 2.40. The van der Waals surface area contributed by atoms with Gasteiger partial charge in [0.15, 0.2) is 0 Å². The Morgan fingerprint density at radius 1 is 1.20 bits per heavy atom. The summed E-state index contributed by atoms with van der Waals surface area (Å²) in [6, 6.07) is 7.47. The van der Waals surface area contributed by atoms with E-state index >= 15 is 0 Å². The number of fused-ring (bicyclic) bond motifs is 1. The molecule has 0 bridgehead atoms. The molecule has 0 radical (unpaired) electrons. The average Bonchev–Trinajstić information content (AvgIpc) is 2.36. The number of hydrogen-bond donors (Lipinski definition) is 1. The maximum Gasteiger partial charge on any atom is 0.217 e. The van der Waals surface area contributed by atoms with E-state index in [0.717, 1.165) is 16.3 Å². The normalized spacial score (nSPS) is 14.4. The predicted octanol–water partition coefficient (Wildman–Crippen LogP) is 3.01. The molecule has 1 atom stereocenters. The van der Waals surface area contributed by atoms with E-state index in [1.54, 1.807) is 33.2 Å². The molecule has 0 unspecified atom stereocenters. The molecule has 0 spiro atoms. The summed E-state index contributed by atoms with van der Waals surface area (Å²) < 4.78 is 26.4. The van der Waals surface area contributed by atoms with E-state index in [1.165, 1.54) is 0 Å². The van der Waals surface area contributed by atoms with Crippen molar-refractivity contribution in [1.82, 2.24) is 9.71 Å². The van der Waals surface area contributed by atoms with Gasteiger partial charge in [-0.3, -0.25) is 4.98 Å². The molecule has 2 aromatic rings. The van der Waals surface area contributed by atoms with Gasteiger partial charge in [0.25, 0.3) is 0 Å². The van der Waals surface area contributed by atoms with Crippen LogP contribution in [-0.2, 0) is 10.0 Å². The van der Waals surface area contributed by atoms with Crippen molar-refractivity contribution in [3.63, 3.8) is 0 Å². The molecule has 2 rings (SSSR count). The molecule has 0 fully saturated rings. The molecular weight excluding hydrogens is 272 g/mol. The van der Waals surface area contributed by atoms with Crippen LogP contribution in [0.15, 0.2) is 36.7 Å². The van der Waals surface area contributed by atoms with Gasteiger partial charge in [0.2, 0.25) is 10.0 Å². The fraction of sp³-hybridized carbons (Fsp3) is 0.400. The average molecular weight is 292 g/mol. The number of hydrogen-bond acceptors (Lipinski definition) is 3. The summed E-state index contributed by atoms with van der Waals surface area (Å²) in [6.07, 6.45) is 3.50. The molecule has 0 aliphatic carbocycles. The molecule has 1 N–H and O–H groups in total. The van der Waals surface area contributed by atoms with Gasteiger partial charge in [0, 0.05) is 23.8 Å². The summed E-state index contributed by atoms with van der Waals surface area (Å²) in [5, 5.41) is 2.03. The highest BCUT2D eigenvalue weighted by molar-refractivity contribution is 7.90. The lowest BCUT2D eigenvalue weighted by Crippen LogP contribution is -2.40. The van der Waals surface area contributed by atoms with Crippen molar-refractivity contribution >= 4 is 20.8 Å². The Morgan fingerprint density at radius 2 is 1.90 bits per heavy atom. The second-order valence-electron chi connectivity index (χ2n) is 5.90. The molecule has 1 heterocycles. The minimum atomic E-state index is -3.38. The standard InChI is InChI=1S/C15H20N2O2S/c1-11(17-20(18,19)15(2,3)4)13-7-5-6-12-8-9-16-10-14(12)13/h5-11,17H,1-4H3/t11-/m0/s1. The summed E-state index contributed by atoms with van der Waals surface area (Å²) in [6.45, 7) is 6.91. The zero-order valence-electron chi connectivity index (χ0n) is 12.2. The zero-order valence-corrected chi connectivity index (χ0v) is 13.0. The fourth-order valence-corrected chi connectivity index (χ4v) is 2.93. The fourth-order valence-electron chi connectivity index (χ4n) is 1.99. The van der Waals surface area contributed by atoms with Gasteiger partial charge in [-0.2, -0.15) is 0 Å². The number of aromatic nitrogens is 1. The van der Waals surface area contributed by atoms with Gasteiger partial charge in [-0.15, -0.1) is 0 Å². The smallest absolute Gasteiger partial charge is 0.217 e. The van der Waals surface area contributed by atoms with Gasteiger partial charge in [0.1, 0.15) is 0 Å². The van der Waals surface area contributed by atoms with Gasteiger partial charge >= 0.3 is 0 Å². The third-order valence-corrected chi connectivity index (χ3v) is 5.60. The Labute approximate surface area is 120 Å². The van der Waals surface area contributed by atoms with Gasteiger partial charge in [-0.1, -0.05) is 18.2 Å². The first kappa shape index (κ1) is 14.9. The van der Waals surface area contributed by atoms with Crippen LogP contribution in [0.3, 0.4) is 0 Å². The molecular formula is C15H20N2O2S. The summed E-state index contributed by atoms with van der Waals surface area (Å²) in [5.74, 6) is 0. The minimum absolute atomic E-state index is 0.299. The van der Waals surface area contributed by atoms with Gasteiger partial charge in [-0.05, 0) is 44.7 Å². The Hall–Kier alpha value is -1.46. The molecule has 1 aromatic heterocycles. The van der Waals surface area contributed by atoms with E-state index in [-0.39, 0.29) is 6.04 Å². The minimum Gasteiger partial charge on any atom is -0.264 e. The number of rotatable bonds is 3. The number of nitrogens with zero attached hydrogens (tertiary/aromatic N) is 1. The topological polar surface area (TPSA) is 59.1 Å². The van der Waals surface area contributed by atoms with E-state index in [2.05, 4.69) is 9.71 Å². The van der Waals surface area contributed by atoms with Crippen LogP contribution in [-0.4, -0.2) is 18.1 Å². The van der Waals surface area contributed by atoms with Crippen LogP contribution in [0.4, 0.5) is 0 Å². The van der Waals surface area contributed by atoms with Crippen LogP contribution in [0, 0.1) is 0 Å². The third kappa shape index (κ3) is 2.83. The highest BCUT2D eigenvalue weighted by Gasteiger charge is 2.30. The van der Waals surface area contributed by atoms with Gasteiger partial charge in [-0.25, -0.2) is 13.1 Å². The predicted molar refractivity (Wildman–Crippen MR) is 82.0 cm³/mol. The quantitative estimate of drug-likeness (QED) is 0.946. The first-order valence-electron chi connectivity index (χ1n) is 6.57. The summed E-state index contributed by atoms with van der Waals surface area (Å²) in [5.41, 5.74) is 0.934. The van der Waals surface area contributed by atoms with Crippen LogP contribution in [0.25, 0.3) is 10.8 Å². The van der Waals surface area contributed by atoms with Crippen molar-refractivity contribution in [2.24, 2.45) is 0 Å². The second-order valence-corrected chi connectivity index (χ2v) is 8.37. The van der Waals surface area contributed by atoms with Gasteiger partial charge < -0.3 is 0 Å². The van der Waals surface area contributed by atoms with Crippen LogP contribution in [0.2, 0.25) is 0 Å². The molecule has 20 heavy (non-hydrogen) atoms. The molecule has 0 aliphatic rings. The van der Waals surface area contributed by atoms with Crippen molar-refractivity contribution < 1.29 is 8.42 Å². The Kier molecular flexibility index (Phi) is 3.84. The number of sulfonamides is 1. The largest absolute Gasteiger partial charge is 0.264 e. The maximum absolute atomic E-state index is 12.2. The van der Waals surface area contributed by atoms with E-state index in [1.807, 2.05) is 31.2 Å². The first-order valence-corrected chi connectivity index (χ1v) is 8.05. The molecule has 0 aliphatic heterocycles. The molecule has 5 heteroatoms. The number of nitrogens with one attached hydrogen (secondary N) is 1. The van der Waals surface area contributed by atoms with Crippen molar-refractivity contribution in [3.05, 3.63) is 42.2 Å². The van der Waals surface area contributed by atoms with Crippen molar-refractivity contribution in [1.29, 1.82) is 0 Å². The highest BCUT2D eigenvalue weighted by Crippen LogP contribution is 2.25. The molecule has 0 saturated heterocycles. The third-order valence-electron chi connectivity index (χ3n) is 3.32. The van der Waals surface area contributed by atoms with E-state index < -0.39 is 14.8 Å². The van der Waals surface area contributed by atoms with Crippen molar-refractivity contribution in [2.45, 2.75) is 38.5 Å². The van der Waals surface area contributed by atoms with Crippen LogP contribution < -0.4 is 4.72 Å². The van der Waals surface area contributed by atoms with Crippen molar-refractivity contribution in [2.75, 3.05) is 0 Å². The zero-order chi connectivity index (χ0) is 15.0. The lowest BCUT2D eigenvalue weighted by molar-refractivity contribution is 0.532. The summed E-state index contributed by atoms with van der Waals surface area (Å²) >= 11 is 0. The Bertz CT molecular complexity index is 713. The van der Waals surface area contributed by atoms with E-state index in [4.69, 9.17) is 0 Å². The number of pyridine rings is 1. The first-order chi connectivity index (χ1) is 9.22. The van der Waals surface area contributed by atoms with E-state index in [0.29, 0.717) is 0 Å². The molecule has 4 nitrogen and oxygen atoms in total. The lowest BCUT2D eigenvalue weighted by atomic mass is 10.0. The SMILES string of the molecule is C[C@H](NS(=O)(=O)C(C)(C)C)c1cccc2ccncc12. The number of benzene rings is 1. The van der Waals surface area contributed by atoms with E-state index in [9.17, 15) is 8.42 Å². The second kappa shape index (κ2) is 5.14. The summed E-state index contributed by atoms with van der Waals surface area (Å²) in [4.78, 5) is 4.12. The van der Waals surface area contributed by atoms with Crippen LogP contribution in [0.5, 0.6) is 0 Å². The monoisotopic (exact) mass is 292 g/mol.